The third kappa shape index (κ3) is 6.57. The smallest absolute Gasteiger partial charge is 0.0547 e. The first-order valence-corrected chi connectivity index (χ1v) is 22.6. The molecule has 0 saturated heterocycles. The maximum absolute atomic E-state index is 2.47. The third-order valence-electron chi connectivity index (χ3n) is 13.6. The number of para-hydroxylation sites is 2. The molecule has 0 fully saturated rings. The second kappa shape index (κ2) is 15.6. The zero-order valence-corrected chi connectivity index (χ0v) is 36.5. The van der Waals surface area contributed by atoms with Gasteiger partial charge in [0.05, 0.1) is 16.7 Å². The monoisotopic (exact) mass is 830 g/mol. The molecule has 0 N–H and O–H groups in total. The van der Waals surface area contributed by atoms with Gasteiger partial charge in [0.2, 0.25) is 0 Å². The number of nitrogens with zero attached hydrogens (tertiary/aromatic N) is 2. The van der Waals surface area contributed by atoms with Gasteiger partial charge in [0, 0.05) is 38.8 Å². The summed E-state index contributed by atoms with van der Waals surface area (Å²) in [6, 6.07) is 88.8. The van der Waals surface area contributed by atoms with E-state index in [0.29, 0.717) is 0 Å². The molecule has 0 atom stereocenters. The Morgan fingerprint density at radius 3 is 1.54 bits per heavy atom. The van der Waals surface area contributed by atoms with Crippen molar-refractivity contribution in [2.24, 2.45) is 0 Å². The van der Waals surface area contributed by atoms with Crippen molar-refractivity contribution in [1.82, 2.24) is 4.57 Å². The standard InChI is InChI=1S/C63H46N2/c1-63(2)58-25-12-9-23-54(58)55-39-37-52(42-59(55)63)65-61-27-14-11-24-56(61)57-38-32-48(41-62(57)65)47-20-15-21-49(40-47)53-22-10-13-26-60(53)64(50-33-28-45(29-34-50)43-16-5-3-6-17-43)51-35-30-46(31-36-51)44-18-7-4-8-19-44/h3-42H,1-2H3. The van der Waals surface area contributed by atoms with Crippen LogP contribution < -0.4 is 4.90 Å². The molecule has 12 rings (SSSR count). The van der Waals surface area contributed by atoms with Gasteiger partial charge in [-0.15, -0.1) is 0 Å². The molecule has 0 unspecified atom stereocenters. The van der Waals surface area contributed by atoms with Gasteiger partial charge in [-0.25, -0.2) is 0 Å². The highest BCUT2D eigenvalue weighted by Crippen LogP contribution is 2.50. The Bertz CT molecular complexity index is 3460. The number of benzene rings is 10. The summed E-state index contributed by atoms with van der Waals surface area (Å²) in [4.78, 5) is 2.40. The van der Waals surface area contributed by atoms with Gasteiger partial charge in [-0.3, -0.25) is 0 Å². The van der Waals surface area contributed by atoms with Crippen LogP contribution in [0, 0.1) is 0 Å². The predicted octanol–water partition coefficient (Wildman–Crippen LogP) is 17.2. The summed E-state index contributed by atoms with van der Waals surface area (Å²) in [6.45, 7) is 4.72. The van der Waals surface area contributed by atoms with Crippen molar-refractivity contribution >= 4 is 38.9 Å². The predicted molar refractivity (Wildman–Crippen MR) is 275 cm³/mol. The van der Waals surface area contributed by atoms with Crippen molar-refractivity contribution in [3.8, 4) is 61.3 Å². The highest BCUT2D eigenvalue weighted by Gasteiger charge is 2.35. The SMILES string of the molecule is CC1(C)c2ccccc2-c2ccc(-n3c4ccccc4c4ccc(-c5cccc(-c6ccccc6N(c6ccc(-c7ccccc7)cc6)c6ccc(-c7ccccc7)cc6)c5)cc43)cc21. The minimum atomic E-state index is -0.0879. The second-order valence-electron chi connectivity index (χ2n) is 17.7. The van der Waals surface area contributed by atoms with E-state index >= 15 is 0 Å². The van der Waals surface area contributed by atoms with E-state index in [4.69, 9.17) is 0 Å². The van der Waals surface area contributed by atoms with Gasteiger partial charge in [-0.1, -0.05) is 196 Å². The molecule has 1 aliphatic carbocycles. The molecule has 0 amide bonds. The number of hydrogen-bond donors (Lipinski definition) is 0. The first kappa shape index (κ1) is 38.5. The van der Waals surface area contributed by atoms with E-state index in [1.54, 1.807) is 0 Å². The molecule has 0 radical (unpaired) electrons. The zero-order valence-electron chi connectivity index (χ0n) is 36.5. The molecule has 0 saturated carbocycles. The summed E-state index contributed by atoms with van der Waals surface area (Å²) in [5.74, 6) is 0. The summed E-state index contributed by atoms with van der Waals surface area (Å²) in [5, 5.41) is 2.51. The fourth-order valence-corrected chi connectivity index (χ4v) is 10.3. The van der Waals surface area contributed by atoms with E-state index in [1.165, 1.54) is 83.1 Å². The molecule has 308 valence electrons. The van der Waals surface area contributed by atoms with Crippen LogP contribution in [0.2, 0.25) is 0 Å². The first-order chi connectivity index (χ1) is 32.0. The van der Waals surface area contributed by atoms with Crippen LogP contribution >= 0.6 is 0 Å². The van der Waals surface area contributed by atoms with Crippen LogP contribution in [0.25, 0.3) is 83.1 Å². The molecular weight excluding hydrogens is 785 g/mol. The van der Waals surface area contributed by atoms with Crippen LogP contribution in [-0.2, 0) is 5.41 Å². The lowest BCUT2D eigenvalue weighted by atomic mass is 9.82. The molecule has 0 bridgehead atoms. The van der Waals surface area contributed by atoms with E-state index in [-0.39, 0.29) is 5.41 Å². The van der Waals surface area contributed by atoms with Gasteiger partial charge in [-0.05, 0) is 122 Å². The average molecular weight is 831 g/mol. The fraction of sp³-hybridized carbons (Fsp3) is 0.0476. The molecule has 11 aromatic rings. The van der Waals surface area contributed by atoms with Gasteiger partial charge < -0.3 is 9.47 Å². The minimum Gasteiger partial charge on any atom is -0.310 e. The Hall–Kier alpha value is -8.20. The largest absolute Gasteiger partial charge is 0.310 e. The van der Waals surface area contributed by atoms with Crippen LogP contribution in [0.5, 0.6) is 0 Å². The van der Waals surface area contributed by atoms with E-state index in [1.807, 2.05) is 0 Å². The van der Waals surface area contributed by atoms with E-state index in [2.05, 4.69) is 266 Å². The van der Waals surface area contributed by atoms with Gasteiger partial charge >= 0.3 is 0 Å². The Labute approximate surface area is 381 Å². The van der Waals surface area contributed by atoms with Gasteiger partial charge in [0.1, 0.15) is 0 Å². The van der Waals surface area contributed by atoms with Crippen LogP contribution in [-0.4, -0.2) is 4.57 Å². The highest BCUT2D eigenvalue weighted by molar-refractivity contribution is 6.10. The van der Waals surface area contributed by atoms with Crippen molar-refractivity contribution in [2.75, 3.05) is 4.90 Å². The number of fused-ring (bicyclic) bond motifs is 6. The Balaban J connectivity index is 0.965. The highest BCUT2D eigenvalue weighted by atomic mass is 15.1. The molecule has 65 heavy (non-hydrogen) atoms. The number of rotatable bonds is 8. The average Bonchev–Trinajstić information content (AvgIpc) is 3.82. The molecule has 10 aromatic carbocycles. The normalized spacial score (nSPS) is 12.6. The first-order valence-electron chi connectivity index (χ1n) is 22.6. The lowest BCUT2D eigenvalue weighted by Crippen LogP contribution is -2.15. The van der Waals surface area contributed by atoms with Gasteiger partial charge in [0.25, 0.3) is 0 Å². The topological polar surface area (TPSA) is 8.17 Å². The molecule has 1 aromatic heterocycles. The summed E-state index contributed by atoms with van der Waals surface area (Å²) in [7, 11) is 0. The van der Waals surface area contributed by atoms with Crippen LogP contribution in [0.1, 0.15) is 25.0 Å². The summed E-state index contributed by atoms with van der Waals surface area (Å²) in [5.41, 5.74) is 21.7. The molecule has 0 spiro atoms. The Morgan fingerprint density at radius 1 is 0.323 bits per heavy atom. The van der Waals surface area contributed by atoms with Crippen molar-refractivity contribution in [2.45, 2.75) is 19.3 Å². The molecule has 2 nitrogen and oxygen atoms in total. The molecule has 1 aliphatic rings. The fourth-order valence-electron chi connectivity index (χ4n) is 10.3. The summed E-state index contributed by atoms with van der Waals surface area (Å²) < 4.78 is 2.47. The molecule has 0 aliphatic heterocycles. The van der Waals surface area contributed by atoms with E-state index in [0.717, 1.165) is 28.2 Å². The quantitative estimate of drug-likeness (QED) is 0.148. The van der Waals surface area contributed by atoms with E-state index in [9.17, 15) is 0 Å². The molecule has 1 heterocycles. The second-order valence-corrected chi connectivity index (χ2v) is 17.7. The van der Waals surface area contributed by atoms with Crippen molar-refractivity contribution in [1.29, 1.82) is 0 Å². The lowest BCUT2D eigenvalue weighted by Gasteiger charge is -2.28. The van der Waals surface area contributed by atoms with E-state index < -0.39 is 0 Å². The van der Waals surface area contributed by atoms with Gasteiger partial charge in [0.15, 0.2) is 0 Å². The molecule has 2 heteroatoms. The number of anilines is 3. The molecular formula is C63H46N2. The summed E-state index contributed by atoms with van der Waals surface area (Å²) >= 11 is 0. The Morgan fingerprint density at radius 2 is 0.831 bits per heavy atom. The van der Waals surface area contributed by atoms with Crippen LogP contribution in [0.3, 0.4) is 0 Å². The Kier molecular flexibility index (Phi) is 9.21. The third-order valence-corrected chi connectivity index (χ3v) is 13.6. The van der Waals surface area contributed by atoms with Crippen LogP contribution in [0.4, 0.5) is 17.1 Å². The van der Waals surface area contributed by atoms with Crippen LogP contribution in [0.15, 0.2) is 243 Å². The maximum Gasteiger partial charge on any atom is 0.0547 e. The van der Waals surface area contributed by atoms with Crippen molar-refractivity contribution < 1.29 is 0 Å². The number of hydrogen-bond acceptors (Lipinski definition) is 1. The lowest BCUT2D eigenvalue weighted by molar-refractivity contribution is 0.660. The van der Waals surface area contributed by atoms with Gasteiger partial charge in [-0.2, -0.15) is 0 Å². The van der Waals surface area contributed by atoms with Crippen molar-refractivity contribution in [3.63, 3.8) is 0 Å². The zero-order chi connectivity index (χ0) is 43.5. The maximum atomic E-state index is 2.47. The number of aromatic nitrogens is 1. The van der Waals surface area contributed by atoms with Crippen molar-refractivity contribution in [3.05, 3.63) is 254 Å². The minimum absolute atomic E-state index is 0.0879. The summed E-state index contributed by atoms with van der Waals surface area (Å²) in [6.07, 6.45) is 0.